The molecule has 0 aromatic heterocycles. The standard InChI is InChI=1S/C23H47O2P/c26-22-18-14-12-10-8-6-4-2-1-3-5-7-9-11-13-16-20-24-23-19-15-17-21-25-23/h23H,1-22,26H2. The van der Waals surface area contributed by atoms with Gasteiger partial charge in [-0.05, 0) is 38.3 Å². The van der Waals surface area contributed by atoms with E-state index in [1.165, 1.54) is 122 Å². The first-order chi connectivity index (χ1) is 12.9. The molecule has 0 radical (unpaired) electrons. The number of hydrogen-bond acceptors (Lipinski definition) is 2. The van der Waals surface area contributed by atoms with E-state index in [1.54, 1.807) is 0 Å². The molecule has 156 valence electrons. The van der Waals surface area contributed by atoms with Crippen molar-refractivity contribution in [3.63, 3.8) is 0 Å². The van der Waals surface area contributed by atoms with Crippen LogP contribution in [0.5, 0.6) is 0 Å². The Morgan fingerprint density at radius 2 is 1.08 bits per heavy atom. The summed E-state index contributed by atoms with van der Waals surface area (Å²) in [6, 6.07) is 0. The second-order valence-corrected chi connectivity index (χ2v) is 8.69. The molecule has 0 bridgehead atoms. The van der Waals surface area contributed by atoms with Crippen LogP contribution in [-0.4, -0.2) is 25.7 Å². The van der Waals surface area contributed by atoms with Crippen LogP contribution >= 0.6 is 9.24 Å². The summed E-state index contributed by atoms with van der Waals surface area (Å²) in [5.74, 6) is 0. The number of rotatable bonds is 19. The molecule has 1 saturated heterocycles. The summed E-state index contributed by atoms with van der Waals surface area (Å²) >= 11 is 0. The first-order valence-electron chi connectivity index (χ1n) is 11.9. The van der Waals surface area contributed by atoms with Crippen LogP contribution in [-0.2, 0) is 9.47 Å². The van der Waals surface area contributed by atoms with Gasteiger partial charge in [0.15, 0.2) is 6.29 Å². The zero-order valence-electron chi connectivity index (χ0n) is 17.5. The van der Waals surface area contributed by atoms with Gasteiger partial charge in [-0.1, -0.05) is 89.9 Å². The molecule has 0 N–H and O–H groups in total. The zero-order valence-corrected chi connectivity index (χ0v) is 18.7. The SMILES string of the molecule is PCCCCCCCCCCCCCCCCCCOC1CCCCO1. The highest BCUT2D eigenvalue weighted by atomic mass is 31.0. The molecule has 2 unspecified atom stereocenters. The van der Waals surface area contributed by atoms with Gasteiger partial charge < -0.3 is 9.47 Å². The average molecular weight is 387 g/mol. The third-order valence-corrected chi connectivity index (χ3v) is 5.95. The monoisotopic (exact) mass is 386 g/mol. The van der Waals surface area contributed by atoms with Crippen LogP contribution in [0.3, 0.4) is 0 Å². The smallest absolute Gasteiger partial charge is 0.157 e. The van der Waals surface area contributed by atoms with Gasteiger partial charge in [0.2, 0.25) is 0 Å². The molecule has 0 aromatic carbocycles. The van der Waals surface area contributed by atoms with Crippen molar-refractivity contribution in [1.82, 2.24) is 0 Å². The Balaban J connectivity index is 1.65. The van der Waals surface area contributed by atoms with Crippen molar-refractivity contribution in [2.75, 3.05) is 19.4 Å². The van der Waals surface area contributed by atoms with Crippen molar-refractivity contribution in [2.24, 2.45) is 0 Å². The van der Waals surface area contributed by atoms with Crippen molar-refractivity contribution in [3.8, 4) is 0 Å². The molecule has 2 nitrogen and oxygen atoms in total. The van der Waals surface area contributed by atoms with E-state index in [2.05, 4.69) is 9.24 Å². The van der Waals surface area contributed by atoms with Crippen LogP contribution < -0.4 is 0 Å². The van der Waals surface area contributed by atoms with E-state index in [0.717, 1.165) is 19.6 Å². The molecule has 1 fully saturated rings. The lowest BCUT2D eigenvalue weighted by Gasteiger charge is -2.22. The van der Waals surface area contributed by atoms with Gasteiger partial charge in [0.1, 0.15) is 0 Å². The van der Waals surface area contributed by atoms with E-state index >= 15 is 0 Å². The normalized spacial score (nSPS) is 17.7. The van der Waals surface area contributed by atoms with E-state index in [4.69, 9.17) is 9.47 Å². The van der Waals surface area contributed by atoms with Crippen molar-refractivity contribution < 1.29 is 9.47 Å². The van der Waals surface area contributed by atoms with Gasteiger partial charge in [-0.3, -0.25) is 0 Å². The maximum atomic E-state index is 5.78. The minimum absolute atomic E-state index is 0.101. The lowest BCUT2D eigenvalue weighted by Crippen LogP contribution is -2.22. The van der Waals surface area contributed by atoms with Crippen molar-refractivity contribution >= 4 is 9.24 Å². The molecule has 0 saturated carbocycles. The van der Waals surface area contributed by atoms with Crippen LogP contribution in [0.25, 0.3) is 0 Å². The highest BCUT2D eigenvalue weighted by Gasteiger charge is 2.13. The van der Waals surface area contributed by atoms with E-state index in [9.17, 15) is 0 Å². The Hall–Kier alpha value is 0.350. The molecule has 1 rings (SSSR count). The second-order valence-electron chi connectivity index (χ2n) is 8.11. The minimum atomic E-state index is 0.101. The Kier molecular flexibility index (Phi) is 18.8. The molecule has 26 heavy (non-hydrogen) atoms. The highest BCUT2D eigenvalue weighted by molar-refractivity contribution is 7.16. The van der Waals surface area contributed by atoms with E-state index in [0.29, 0.717) is 0 Å². The average Bonchev–Trinajstić information content (AvgIpc) is 2.68. The molecule has 0 amide bonds. The number of unbranched alkanes of at least 4 members (excludes halogenated alkanes) is 15. The molecule has 0 spiro atoms. The van der Waals surface area contributed by atoms with Crippen molar-refractivity contribution in [2.45, 2.75) is 128 Å². The third kappa shape index (κ3) is 16.5. The summed E-state index contributed by atoms with van der Waals surface area (Å²) < 4.78 is 11.4. The zero-order chi connectivity index (χ0) is 18.5. The van der Waals surface area contributed by atoms with Crippen LogP contribution in [0.15, 0.2) is 0 Å². The van der Waals surface area contributed by atoms with E-state index in [1.807, 2.05) is 0 Å². The molecule has 0 aliphatic carbocycles. The molecule has 1 aliphatic rings. The lowest BCUT2D eigenvalue weighted by atomic mass is 10.0. The summed E-state index contributed by atoms with van der Waals surface area (Å²) in [6.07, 6.45) is 27.7. The summed E-state index contributed by atoms with van der Waals surface area (Å²) in [5, 5.41) is 0. The fraction of sp³-hybridized carbons (Fsp3) is 1.00. The Morgan fingerprint density at radius 3 is 1.50 bits per heavy atom. The molecule has 3 heteroatoms. The van der Waals surface area contributed by atoms with Gasteiger partial charge >= 0.3 is 0 Å². The molecule has 2 atom stereocenters. The fourth-order valence-corrected chi connectivity index (χ4v) is 4.07. The molecule has 1 heterocycles. The highest BCUT2D eigenvalue weighted by Crippen LogP contribution is 2.16. The van der Waals surface area contributed by atoms with Gasteiger partial charge in [-0.2, -0.15) is 0 Å². The topological polar surface area (TPSA) is 18.5 Å². The largest absolute Gasteiger partial charge is 0.353 e. The number of hydrogen-bond donors (Lipinski definition) is 0. The summed E-state index contributed by atoms with van der Waals surface area (Å²) in [6.45, 7) is 1.78. The number of ether oxygens (including phenoxy) is 2. The maximum Gasteiger partial charge on any atom is 0.157 e. The Morgan fingerprint density at radius 1 is 0.615 bits per heavy atom. The van der Waals surface area contributed by atoms with E-state index < -0.39 is 0 Å². The Bertz CT molecular complexity index is 267. The molecular weight excluding hydrogens is 339 g/mol. The van der Waals surface area contributed by atoms with Crippen molar-refractivity contribution in [1.29, 1.82) is 0 Å². The fourth-order valence-electron chi connectivity index (χ4n) is 3.78. The van der Waals surface area contributed by atoms with Gasteiger partial charge in [-0.25, -0.2) is 0 Å². The first kappa shape index (κ1) is 24.4. The summed E-state index contributed by atoms with van der Waals surface area (Å²) in [4.78, 5) is 0. The summed E-state index contributed by atoms with van der Waals surface area (Å²) in [7, 11) is 2.83. The summed E-state index contributed by atoms with van der Waals surface area (Å²) in [5.41, 5.74) is 0. The molecule has 1 aliphatic heterocycles. The van der Waals surface area contributed by atoms with Gasteiger partial charge in [0, 0.05) is 13.2 Å². The first-order valence-corrected chi connectivity index (χ1v) is 12.7. The van der Waals surface area contributed by atoms with Crippen LogP contribution in [0.2, 0.25) is 0 Å². The van der Waals surface area contributed by atoms with Crippen LogP contribution in [0.4, 0.5) is 0 Å². The van der Waals surface area contributed by atoms with Crippen LogP contribution in [0.1, 0.15) is 122 Å². The van der Waals surface area contributed by atoms with Gasteiger partial charge in [0.25, 0.3) is 0 Å². The predicted molar refractivity (Wildman–Crippen MR) is 118 cm³/mol. The maximum absolute atomic E-state index is 5.78. The van der Waals surface area contributed by atoms with Crippen molar-refractivity contribution in [3.05, 3.63) is 0 Å². The Labute approximate surface area is 166 Å². The lowest BCUT2D eigenvalue weighted by molar-refractivity contribution is -0.162. The van der Waals surface area contributed by atoms with Crippen LogP contribution in [0, 0.1) is 0 Å². The predicted octanol–water partition coefficient (Wildman–Crippen LogP) is 7.65. The minimum Gasteiger partial charge on any atom is -0.353 e. The quantitative estimate of drug-likeness (QED) is 0.168. The second kappa shape index (κ2) is 20.1. The van der Waals surface area contributed by atoms with E-state index in [-0.39, 0.29) is 6.29 Å². The molecule has 0 aromatic rings. The van der Waals surface area contributed by atoms with Gasteiger partial charge in [0.05, 0.1) is 0 Å². The third-order valence-electron chi connectivity index (χ3n) is 5.54. The molecular formula is C23H47O2P. The van der Waals surface area contributed by atoms with Gasteiger partial charge in [-0.15, -0.1) is 9.24 Å².